The smallest absolute Gasteiger partial charge is 0.496 e. The number of ketones is 2. The van der Waals surface area contributed by atoms with Crippen LogP contribution in [0.1, 0.15) is 31.8 Å². The second kappa shape index (κ2) is 9.64. The molecule has 1 fully saturated rings. The van der Waals surface area contributed by atoms with E-state index in [0.717, 1.165) is 23.4 Å². The van der Waals surface area contributed by atoms with Gasteiger partial charge in [0, 0.05) is 49.4 Å². The Bertz CT molecular complexity index is 1300. The maximum atomic E-state index is 13.9. The van der Waals surface area contributed by atoms with Crippen molar-refractivity contribution < 1.29 is 32.2 Å². The number of para-hydroxylation sites is 1. The quantitative estimate of drug-likeness (QED) is 0.449. The van der Waals surface area contributed by atoms with Crippen LogP contribution in [0.3, 0.4) is 0 Å². The summed E-state index contributed by atoms with van der Waals surface area (Å²) in [5, 5.41) is 0. The number of carbonyl (C=O) groups is 2. The first-order valence-corrected chi connectivity index (χ1v) is 11.9. The molecule has 1 saturated heterocycles. The Morgan fingerprint density at radius 2 is 1.46 bits per heavy atom. The van der Waals surface area contributed by atoms with Gasteiger partial charge in [-0.25, -0.2) is 0 Å². The van der Waals surface area contributed by atoms with Gasteiger partial charge in [-0.2, -0.15) is 0 Å². The number of piperazine rings is 1. The Balaban J connectivity index is 1.48. The lowest BCUT2D eigenvalue weighted by Gasteiger charge is -2.44. The Morgan fingerprint density at radius 3 is 2.08 bits per heavy atom. The van der Waals surface area contributed by atoms with Gasteiger partial charge in [-0.15, -0.1) is 13.2 Å². The number of Topliss-reactive ketones (excluding diaryl/α,β-unsaturated/α-hetero) is 2. The molecule has 0 unspecified atom stereocenters. The number of alkyl halides is 3. The van der Waals surface area contributed by atoms with Crippen molar-refractivity contribution in [1.29, 1.82) is 0 Å². The minimum absolute atomic E-state index is 0.165. The van der Waals surface area contributed by atoms with Gasteiger partial charge in [-0.1, -0.05) is 54.6 Å². The standard InChI is InChI=1S/C28H25F3N2O4/c1-36-24-12-5-2-7-19(24)18-32-13-15-33(16-14-32)27(20-8-6-9-21(17-20)37-28(29,30)31)25(34)22-10-3-4-11-23(22)26(27)35/h2-12,17H,13-16,18H2,1H3. The first kappa shape index (κ1) is 25.0. The van der Waals surface area contributed by atoms with Gasteiger partial charge >= 0.3 is 6.36 Å². The molecular formula is C28H25F3N2O4. The summed E-state index contributed by atoms with van der Waals surface area (Å²) in [7, 11) is 1.62. The Morgan fingerprint density at radius 1 is 0.838 bits per heavy atom. The summed E-state index contributed by atoms with van der Waals surface area (Å²) in [6.45, 7) is 2.46. The third kappa shape index (κ3) is 4.49. The van der Waals surface area contributed by atoms with E-state index in [2.05, 4.69) is 9.64 Å². The summed E-state index contributed by atoms with van der Waals surface area (Å²) >= 11 is 0. The Labute approximate surface area is 212 Å². The monoisotopic (exact) mass is 510 g/mol. The number of nitrogens with zero attached hydrogens (tertiary/aromatic N) is 2. The second-order valence-corrected chi connectivity index (χ2v) is 9.06. The topological polar surface area (TPSA) is 59.1 Å². The number of fused-ring (bicyclic) bond motifs is 1. The van der Waals surface area contributed by atoms with Gasteiger partial charge in [0.25, 0.3) is 0 Å². The summed E-state index contributed by atoms with van der Waals surface area (Å²) < 4.78 is 48.5. The average Bonchev–Trinajstić information content (AvgIpc) is 3.11. The Kier molecular flexibility index (Phi) is 6.51. The summed E-state index contributed by atoms with van der Waals surface area (Å²) in [5.41, 5.74) is -0.0352. The predicted octanol–water partition coefficient (Wildman–Crippen LogP) is 4.69. The molecule has 0 atom stereocenters. The summed E-state index contributed by atoms with van der Waals surface area (Å²) in [6, 6.07) is 19.4. The van der Waals surface area contributed by atoms with E-state index in [1.807, 2.05) is 24.3 Å². The van der Waals surface area contributed by atoms with Crippen LogP contribution >= 0.6 is 0 Å². The van der Waals surface area contributed by atoms with Crippen LogP contribution in [0.4, 0.5) is 13.2 Å². The van der Waals surface area contributed by atoms with Crippen molar-refractivity contribution in [1.82, 2.24) is 9.80 Å². The van der Waals surface area contributed by atoms with Crippen LogP contribution in [0.25, 0.3) is 0 Å². The van der Waals surface area contributed by atoms with Crippen LogP contribution in [0.5, 0.6) is 11.5 Å². The fourth-order valence-electron chi connectivity index (χ4n) is 5.34. The highest BCUT2D eigenvalue weighted by Crippen LogP contribution is 2.44. The molecule has 37 heavy (non-hydrogen) atoms. The molecule has 0 spiro atoms. The third-order valence-electron chi connectivity index (χ3n) is 6.99. The molecule has 3 aromatic carbocycles. The van der Waals surface area contributed by atoms with Gasteiger partial charge < -0.3 is 9.47 Å². The number of hydrogen-bond donors (Lipinski definition) is 0. The van der Waals surface area contributed by atoms with Crippen LogP contribution in [-0.4, -0.2) is 61.0 Å². The zero-order valence-corrected chi connectivity index (χ0v) is 20.1. The van der Waals surface area contributed by atoms with Gasteiger partial charge in [0.15, 0.2) is 17.1 Å². The van der Waals surface area contributed by atoms with E-state index in [0.29, 0.717) is 32.7 Å². The highest BCUT2D eigenvalue weighted by atomic mass is 19.4. The van der Waals surface area contributed by atoms with Gasteiger partial charge in [0.05, 0.1) is 7.11 Å². The van der Waals surface area contributed by atoms with E-state index >= 15 is 0 Å². The van der Waals surface area contributed by atoms with E-state index in [-0.39, 0.29) is 16.7 Å². The fraction of sp³-hybridized carbons (Fsp3) is 0.286. The SMILES string of the molecule is COc1ccccc1CN1CCN(C2(c3cccc(OC(F)(F)F)c3)C(=O)c3ccccc3C2=O)CC1. The van der Waals surface area contributed by atoms with E-state index < -0.39 is 29.2 Å². The van der Waals surface area contributed by atoms with Crippen molar-refractivity contribution in [3.63, 3.8) is 0 Å². The number of ether oxygens (including phenoxy) is 2. The van der Waals surface area contributed by atoms with E-state index in [4.69, 9.17) is 4.74 Å². The molecule has 3 aromatic rings. The number of rotatable bonds is 6. The van der Waals surface area contributed by atoms with Crippen LogP contribution in [-0.2, 0) is 12.1 Å². The number of benzene rings is 3. The molecule has 9 heteroatoms. The van der Waals surface area contributed by atoms with Crippen molar-refractivity contribution in [3.8, 4) is 11.5 Å². The van der Waals surface area contributed by atoms with Crippen molar-refractivity contribution in [2.45, 2.75) is 18.4 Å². The average molecular weight is 511 g/mol. The third-order valence-corrected chi connectivity index (χ3v) is 6.99. The molecule has 0 saturated carbocycles. The predicted molar refractivity (Wildman–Crippen MR) is 130 cm³/mol. The highest BCUT2D eigenvalue weighted by Gasteiger charge is 2.58. The van der Waals surface area contributed by atoms with Crippen molar-refractivity contribution in [2.24, 2.45) is 0 Å². The summed E-state index contributed by atoms with van der Waals surface area (Å²) in [4.78, 5) is 31.8. The maximum Gasteiger partial charge on any atom is 0.573 e. The lowest BCUT2D eigenvalue weighted by Crippen LogP contribution is -2.60. The molecular weight excluding hydrogens is 485 g/mol. The van der Waals surface area contributed by atoms with E-state index in [9.17, 15) is 22.8 Å². The number of halogens is 3. The van der Waals surface area contributed by atoms with Gasteiger partial charge in [0.1, 0.15) is 11.5 Å². The first-order chi connectivity index (χ1) is 17.7. The van der Waals surface area contributed by atoms with Gasteiger partial charge in [-0.3, -0.25) is 19.4 Å². The molecule has 0 amide bonds. The number of carbonyl (C=O) groups excluding carboxylic acids is 2. The van der Waals surface area contributed by atoms with Crippen LogP contribution < -0.4 is 9.47 Å². The number of hydrogen-bond acceptors (Lipinski definition) is 6. The first-order valence-electron chi connectivity index (χ1n) is 11.9. The summed E-state index contributed by atoms with van der Waals surface area (Å²) in [5.74, 6) is -0.568. The fourth-order valence-corrected chi connectivity index (χ4v) is 5.34. The molecule has 5 rings (SSSR count). The molecule has 0 radical (unpaired) electrons. The molecule has 1 heterocycles. The van der Waals surface area contributed by atoms with Crippen molar-refractivity contribution in [2.75, 3.05) is 33.3 Å². The van der Waals surface area contributed by atoms with Crippen LogP contribution in [0, 0.1) is 0 Å². The van der Waals surface area contributed by atoms with E-state index in [1.165, 1.54) is 12.1 Å². The van der Waals surface area contributed by atoms with Gasteiger partial charge in [0.2, 0.25) is 0 Å². The minimum atomic E-state index is -4.90. The Hall–Kier alpha value is -3.69. The van der Waals surface area contributed by atoms with Crippen molar-refractivity contribution >= 4 is 11.6 Å². The normalized spacial score (nSPS) is 18.1. The van der Waals surface area contributed by atoms with Crippen LogP contribution in [0.2, 0.25) is 0 Å². The van der Waals surface area contributed by atoms with Crippen LogP contribution in [0.15, 0.2) is 72.8 Å². The molecule has 192 valence electrons. The highest BCUT2D eigenvalue weighted by molar-refractivity contribution is 6.32. The second-order valence-electron chi connectivity index (χ2n) is 9.06. The lowest BCUT2D eigenvalue weighted by atomic mass is 9.82. The molecule has 1 aliphatic carbocycles. The summed E-state index contributed by atoms with van der Waals surface area (Å²) in [6.07, 6.45) is -4.90. The number of methoxy groups -OCH3 is 1. The molecule has 0 N–H and O–H groups in total. The van der Waals surface area contributed by atoms with E-state index in [1.54, 1.807) is 36.3 Å². The molecule has 0 bridgehead atoms. The molecule has 0 aromatic heterocycles. The maximum absolute atomic E-state index is 13.9. The zero-order valence-electron chi connectivity index (χ0n) is 20.1. The van der Waals surface area contributed by atoms with Crippen molar-refractivity contribution in [3.05, 3.63) is 95.1 Å². The largest absolute Gasteiger partial charge is 0.573 e. The molecule has 1 aliphatic heterocycles. The lowest BCUT2D eigenvalue weighted by molar-refractivity contribution is -0.274. The zero-order chi connectivity index (χ0) is 26.2. The van der Waals surface area contributed by atoms with Gasteiger partial charge in [-0.05, 0) is 23.8 Å². The molecule has 2 aliphatic rings. The minimum Gasteiger partial charge on any atom is -0.496 e. The molecule has 6 nitrogen and oxygen atoms in total.